The first-order chi connectivity index (χ1) is 20.8. The van der Waals surface area contributed by atoms with Gasteiger partial charge in [-0.15, -0.1) is 11.8 Å². The lowest BCUT2D eigenvalue weighted by atomic mass is 10.1. The van der Waals surface area contributed by atoms with Crippen LogP contribution in [0.5, 0.6) is 0 Å². The van der Waals surface area contributed by atoms with E-state index in [-0.39, 0.29) is 18.4 Å². The second kappa shape index (κ2) is 15.8. The zero-order chi connectivity index (χ0) is 30.8. The molecule has 0 saturated heterocycles. The van der Waals surface area contributed by atoms with Gasteiger partial charge in [-0.1, -0.05) is 54.4 Å². The number of anilines is 1. The predicted octanol–water partition coefficient (Wildman–Crippen LogP) is 7.17. The molecule has 0 aliphatic carbocycles. The molecule has 0 saturated carbocycles. The Bertz CT molecular complexity index is 1580. The minimum atomic E-state index is -0.182. The third-order valence-electron chi connectivity index (χ3n) is 6.90. The Hall–Kier alpha value is -3.55. The van der Waals surface area contributed by atoms with Crippen LogP contribution in [0.2, 0.25) is 10.0 Å². The highest BCUT2D eigenvalue weighted by atomic mass is 35.5. The SMILES string of the molecule is CC[C@@H](CN(Cc1cccc(Cl)c1Cl)C(=S)Nc1ccc(SC)cc1)NC(=O)Cc1cncn1Cc1ccc(C#N)cc1. The standard InChI is InChI=1S/C32H32Cl2N6OS2/c1-3-25(37-30(41)15-27-17-36-21-40(27)18-23-9-7-22(16-35)8-10-23)20-39(19-24-5-4-6-29(33)31(24)34)32(42)38-26-11-13-28(43-2)14-12-26/h4-14,17,21,25H,3,15,18-20H2,1-2H3,(H,37,41)(H,38,42)/t25-/m0/s1. The summed E-state index contributed by atoms with van der Waals surface area (Å²) in [5.74, 6) is -0.110. The third-order valence-corrected chi connectivity index (χ3v) is 8.86. The molecule has 0 spiro atoms. The normalized spacial score (nSPS) is 11.4. The van der Waals surface area contributed by atoms with Crippen molar-refractivity contribution in [2.24, 2.45) is 0 Å². The molecule has 1 heterocycles. The molecule has 222 valence electrons. The highest BCUT2D eigenvalue weighted by Gasteiger charge is 2.20. The molecule has 4 aromatic rings. The van der Waals surface area contributed by atoms with E-state index in [2.05, 4.69) is 21.7 Å². The first kappa shape index (κ1) is 32.4. The molecule has 3 aromatic carbocycles. The minimum absolute atomic E-state index is 0.110. The van der Waals surface area contributed by atoms with Crippen LogP contribution in [0.3, 0.4) is 0 Å². The number of benzene rings is 3. The van der Waals surface area contributed by atoms with Gasteiger partial charge in [0.15, 0.2) is 5.11 Å². The van der Waals surface area contributed by atoms with Crippen LogP contribution in [0.1, 0.15) is 35.7 Å². The first-order valence-electron chi connectivity index (χ1n) is 13.7. The number of carbonyl (C=O) groups is 1. The largest absolute Gasteiger partial charge is 0.351 e. The molecule has 11 heteroatoms. The second-order valence-corrected chi connectivity index (χ2v) is 12.0. The van der Waals surface area contributed by atoms with Gasteiger partial charge in [-0.3, -0.25) is 4.79 Å². The maximum absolute atomic E-state index is 13.2. The van der Waals surface area contributed by atoms with Crippen LogP contribution in [0.25, 0.3) is 0 Å². The average molecular weight is 652 g/mol. The van der Waals surface area contributed by atoms with E-state index >= 15 is 0 Å². The summed E-state index contributed by atoms with van der Waals surface area (Å²) in [6.45, 7) is 3.46. The van der Waals surface area contributed by atoms with Crippen molar-refractivity contribution in [2.45, 2.75) is 43.8 Å². The molecule has 0 unspecified atom stereocenters. The molecular weight excluding hydrogens is 619 g/mol. The fraction of sp³-hybridized carbons (Fsp3) is 0.250. The molecule has 0 fully saturated rings. The summed E-state index contributed by atoms with van der Waals surface area (Å²) in [6.07, 6.45) is 6.33. The van der Waals surface area contributed by atoms with Crippen molar-refractivity contribution in [1.29, 1.82) is 5.26 Å². The van der Waals surface area contributed by atoms with Crippen molar-refractivity contribution in [2.75, 3.05) is 18.1 Å². The molecule has 0 aliphatic heterocycles. The van der Waals surface area contributed by atoms with Crippen LogP contribution in [0.15, 0.2) is 84.1 Å². The van der Waals surface area contributed by atoms with E-state index in [0.717, 1.165) is 27.4 Å². The summed E-state index contributed by atoms with van der Waals surface area (Å²) in [5, 5.41) is 17.0. The van der Waals surface area contributed by atoms with Gasteiger partial charge in [-0.05, 0) is 78.5 Å². The highest BCUT2D eigenvalue weighted by Crippen LogP contribution is 2.27. The topological polar surface area (TPSA) is 86.0 Å². The lowest BCUT2D eigenvalue weighted by Gasteiger charge is -2.30. The summed E-state index contributed by atoms with van der Waals surface area (Å²) in [5.41, 5.74) is 4.13. The average Bonchev–Trinajstić information content (AvgIpc) is 3.45. The molecule has 4 rings (SSSR count). The number of amides is 1. The maximum atomic E-state index is 13.2. The molecule has 1 aromatic heterocycles. The number of thiocarbonyl (C=S) groups is 1. The number of hydrogen-bond donors (Lipinski definition) is 2. The van der Waals surface area contributed by atoms with E-state index < -0.39 is 0 Å². The Balaban J connectivity index is 1.45. The van der Waals surface area contributed by atoms with Crippen molar-refractivity contribution >= 4 is 63.9 Å². The molecule has 7 nitrogen and oxygen atoms in total. The summed E-state index contributed by atoms with van der Waals surface area (Å²) < 4.78 is 1.94. The number of nitriles is 1. The van der Waals surface area contributed by atoms with Crippen LogP contribution in [-0.4, -0.2) is 44.3 Å². The van der Waals surface area contributed by atoms with E-state index in [1.165, 1.54) is 0 Å². The van der Waals surface area contributed by atoms with Gasteiger partial charge >= 0.3 is 0 Å². The lowest BCUT2D eigenvalue weighted by molar-refractivity contribution is -0.121. The smallest absolute Gasteiger partial charge is 0.226 e. The van der Waals surface area contributed by atoms with Gasteiger partial charge in [0.25, 0.3) is 0 Å². The van der Waals surface area contributed by atoms with E-state index in [9.17, 15) is 4.79 Å². The van der Waals surface area contributed by atoms with E-state index in [0.29, 0.717) is 46.8 Å². The summed E-state index contributed by atoms with van der Waals surface area (Å²) in [6, 6.07) is 22.9. The molecule has 0 aliphatic rings. The van der Waals surface area contributed by atoms with Crippen LogP contribution in [0.4, 0.5) is 5.69 Å². The second-order valence-electron chi connectivity index (χ2n) is 9.92. The minimum Gasteiger partial charge on any atom is -0.351 e. The van der Waals surface area contributed by atoms with Gasteiger partial charge in [0.2, 0.25) is 5.91 Å². The van der Waals surface area contributed by atoms with Gasteiger partial charge in [0.1, 0.15) is 0 Å². The van der Waals surface area contributed by atoms with Crippen LogP contribution >= 0.6 is 47.2 Å². The Morgan fingerprint density at radius 1 is 1.14 bits per heavy atom. The molecule has 1 atom stereocenters. The molecule has 43 heavy (non-hydrogen) atoms. The van der Waals surface area contributed by atoms with E-state index in [4.69, 9.17) is 40.7 Å². The zero-order valence-corrected chi connectivity index (χ0v) is 27.0. The Morgan fingerprint density at radius 3 is 2.56 bits per heavy atom. The van der Waals surface area contributed by atoms with Crippen molar-refractivity contribution < 1.29 is 4.79 Å². The Kier molecular flexibility index (Phi) is 11.9. The summed E-state index contributed by atoms with van der Waals surface area (Å²) in [7, 11) is 0. The van der Waals surface area contributed by atoms with Gasteiger partial charge in [-0.25, -0.2) is 4.98 Å². The number of imidazole rings is 1. The fourth-order valence-electron chi connectivity index (χ4n) is 4.48. The number of nitrogens with zero attached hydrogens (tertiary/aromatic N) is 4. The van der Waals surface area contributed by atoms with E-state index in [1.54, 1.807) is 42.5 Å². The van der Waals surface area contributed by atoms with Crippen molar-refractivity contribution in [1.82, 2.24) is 19.8 Å². The van der Waals surface area contributed by atoms with Gasteiger partial charge in [0.05, 0.1) is 34.4 Å². The number of rotatable bonds is 12. The monoisotopic (exact) mass is 650 g/mol. The number of thioether (sulfide) groups is 1. The number of carbonyl (C=O) groups excluding carboxylic acids is 1. The zero-order valence-electron chi connectivity index (χ0n) is 23.9. The number of halogens is 2. The first-order valence-corrected chi connectivity index (χ1v) is 16.1. The quantitative estimate of drug-likeness (QED) is 0.124. The lowest BCUT2D eigenvalue weighted by Crippen LogP contribution is -2.47. The number of aromatic nitrogens is 2. The van der Waals surface area contributed by atoms with Gasteiger partial charge in [0, 0.05) is 48.1 Å². The number of hydrogen-bond acceptors (Lipinski definition) is 5. The Morgan fingerprint density at radius 2 is 1.88 bits per heavy atom. The van der Waals surface area contributed by atoms with Crippen LogP contribution < -0.4 is 10.6 Å². The van der Waals surface area contributed by atoms with Crippen LogP contribution in [-0.2, 0) is 24.3 Å². The molecule has 2 N–H and O–H groups in total. The summed E-state index contributed by atoms with van der Waals surface area (Å²) >= 11 is 20.4. The van der Waals surface area contributed by atoms with Crippen molar-refractivity contribution in [3.8, 4) is 6.07 Å². The van der Waals surface area contributed by atoms with E-state index in [1.807, 2.05) is 71.2 Å². The fourth-order valence-corrected chi connectivity index (χ4v) is 5.52. The molecule has 0 bridgehead atoms. The highest BCUT2D eigenvalue weighted by molar-refractivity contribution is 7.98. The third kappa shape index (κ3) is 9.22. The van der Waals surface area contributed by atoms with Crippen molar-refractivity contribution in [3.05, 3.63) is 112 Å². The van der Waals surface area contributed by atoms with Crippen LogP contribution in [0, 0.1) is 11.3 Å². The molecule has 1 amide bonds. The Labute approximate surface area is 272 Å². The summed E-state index contributed by atoms with van der Waals surface area (Å²) in [4.78, 5) is 20.7. The number of nitrogens with one attached hydrogen (secondary N) is 2. The maximum Gasteiger partial charge on any atom is 0.226 e. The predicted molar refractivity (Wildman–Crippen MR) is 180 cm³/mol. The van der Waals surface area contributed by atoms with Crippen molar-refractivity contribution in [3.63, 3.8) is 0 Å². The molecule has 0 radical (unpaired) electrons. The van der Waals surface area contributed by atoms with Gasteiger partial charge < -0.3 is 20.1 Å². The van der Waals surface area contributed by atoms with Gasteiger partial charge in [-0.2, -0.15) is 5.26 Å². The molecular formula is C32H32Cl2N6OS2.